The number of nitrogens with zero attached hydrogens (tertiary/aromatic N) is 6. The third kappa shape index (κ3) is 3.59. The van der Waals surface area contributed by atoms with E-state index in [2.05, 4.69) is 38.1 Å². The minimum Gasteiger partial charge on any atom is -0.367 e. The average Bonchev–Trinajstić information content (AvgIpc) is 3.48. The van der Waals surface area contributed by atoms with Gasteiger partial charge >= 0.3 is 0 Å². The number of carbonyl (C=O) groups excluding carboxylic acids is 1. The maximum absolute atomic E-state index is 13.0. The van der Waals surface area contributed by atoms with Crippen LogP contribution in [0.4, 0.5) is 5.69 Å². The molecule has 33 heavy (non-hydrogen) atoms. The molecular weight excluding hydrogens is 414 g/mol. The highest BCUT2D eigenvalue weighted by Gasteiger charge is 2.24. The van der Waals surface area contributed by atoms with E-state index in [9.17, 15) is 4.79 Å². The van der Waals surface area contributed by atoms with Crippen molar-refractivity contribution in [2.75, 3.05) is 31.1 Å². The molecule has 1 amide bonds. The van der Waals surface area contributed by atoms with Crippen molar-refractivity contribution in [1.29, 1.82) is 0 Å². The summed E-state index contributed by atoms with van der Waals surface area (Å²) in [4.78, 5) is 34.1. The number of carbonyl (C=O) groups is 1. The Morgan fingerprint density at radius 1 is 0.879 bits per heavy atom. The van der Waals surface area contributed by atoms with Crippen molar-refractivity contribution in [3.63, 3.8) is 0 Å². The molecule has 2 aromatic carbocycles. The first-order chi connectivity index (χ1) is 16.3. The summed E-state index contributed by atoms with van der Waals surface area (Å²) in [6.45, 7) is 3.14. The van der Waals surface area contributed by atoms with Gasteiger partial charge in [0.25, 0.3) is 0 Å². The molecule has 5 aromatic rings. The van der Waals surface area contributed by atoms with Gasteiger partial charge in [0, 0.05) is 43.6 Å². The predicted octanol–water partition coefficient (Wildman–Crippen LogP) is 3.32. The summed E-state index contributed by atoms with van der Waals surface area (Å²) in [6.07, 6.45) is 3.42. The molecule has 0 atom stereocenters. The van der Waals surface area contributed by atoms with E-state index in [1.165, 1.54) is 0 Å². The van der Waals surface area contributed by atoms with Crippen LogP contribution in [-0.4, -0.2) is 61.5 Å². The number of para-hydroxylation sites is 3. The maximum atomic E-state index is 13.0. The number of aromatic amines is 1. The Morgan fingerprint density at radius 2 is 1.67 bits per heavy atom. The largest absolute Gasteiger partial charge is 0.367 e. The zero-order valence-electron chi connectivity index (χ0n) is 18.1. The molecule has 4 heterocycles. The summed E-state index contributed by atoms with van der Waals surface area (Å²) in [6, 6.07) is 20.1. The van der Waals surface area contributed by atoms with Crippen molar-refractivity contribution in [2.24, 2.45) is 0 Å². The molecule has 0 radical (unpaired) electrons. The van der Waals surface area contributed by atoms with E-state index in [1.54, 1.807) is 12.5 Å². The molecule has 1 fully saturated rings. The number of benzene rings is 2. The molecule has 8 heteroatoms. The Morgan fingerprint density at radius 3 is 2.55 bits per heavy atom. The van der Waals surface area contributed by atoms with Crippen LogP contribution in [0.3, 0.4) is 0 Å². The van der Waals surface area contributed by atoms with Crippen molar-refractivity contribution in [3.8, 4) is 11.4 Å². The fourth-order valence-electron chi connectivity index (χ4n) is 4.49. The molecule has 0 unspecified atom stereocenters. The average molecular weight is 438 g/mol. The lowest BCUT2D eigenvalue weighted by Gasteiger charge is -2.37. The summed E-state index contributed by atoms with van der Waals surface area (Å²) < 4.78 is 1.82. The molecule has 3 aromatic heterocycles. The molecule has 1 N–H and O–H groups in total. The smallest absolute Gasteiger partial charge is 0.242 e. The molecule has 8 nitrogen and oxygen atoms in total. The van der Waals surface area contributed by atoms with Crippen LogP contribution in [0.5, 0.6) is 0 Å². The highest BCUT2D eigenvalue weighted by molar-refractivity contribution is 5.84. The number of hydrogen-bond donors (Lipinski definition) is 1. The van der Waals surface area contributed by atoms with Gasteiger partial charge in [0.05, 0.1) is 17.4 Å². The summed E-state index contributed by atoms with van der Waals surface area (Å²) in [7, 11) is 0. The second-order valence-electron chi connectivity index (χ2n) is 8.21. The van der Waals surface area contributed by atoms with E-state index in [4.69, 9.17) is 4.98 Å². The summed E-state index contributed by atoms with van der Waals surface area (Å²) >= 11 is 0. The van der Waals surface area contributed by atoms with Gasteiger partial charge in [0.15, 0.2) is 5.65 Å². The first-order valence-electron chi connectivity index (χ1n) is 11.1. The zero-order valence-corrected chi connectivity index (χ0v) is 18.1. The van der Waals surface area contributed by atoms with Crippen molar-refractivity contribution in [3.05, 3.63) is 73.2 Å². The number of amides is 1. The van der Waals surface area contributed by atoms with E-state index in [0.29, 0.717) is 13.1 Å². The molecule has 0 aliphatic carbocycles. The number of H-pyrrole nitrogens is 1. The van der Waals surface area contributed by atoms with E-state index >= 15 is 0 Å². The lowest BCUT2D eigenvalue weighted by molar-refractivity contribution is -0.132. The van der Waals surface area contributed by atoms with Gasteiger partial charge in [-0.15, -0.1) is 0 Å². The van der Waals surface area contributed by atoms with Gasteiger partial charge in [-0.25, -0.2) is 15.0 Å². The van der Waals surface area contributed by atoms with Gasteiger partial charge in [-0.05, 0) is 36.4 Å². The Kier molecular flexibility index (Phi) is 4.75. The van der Waals surface area contributed by atoms with Crippen molar-refractivity contribution in [2.45, 2.75) is 6.54 Å². The van der Waals surface area contributed by atoms with Crippen molar-refractivity contribution >= 4 is 33.8 Å². The molecule has 0 bridgehead atoms. The van der Waals surface area contributed by atoms with Gasteiger partial charge < -0.3 is 19.4 Å². The Hall–Kier alpha value is -4.20. The first-order valence-corrected chi connectivity index (χ1v) is 11.1. The molecule has 164 valence electrons. The molecule has 6 rings (SSSR count). The summed E-state index contributed by atoms with van der Waals surface area (Å²) in [5.41, 5.74) is 5.73. The van der Waals surface area contributed by atoms with Gasteiger partial charge in [-0.3, -0.25) is 4.79 Å². The normalized spacial score (nSPS) is 14.3. The SMILES string of the molecule is O=C(Cn1cnc2cccnc21)N1CCN(c2ccccc2-c2nc3ccccc3[nH]2)CC1. The quantitative estimate of drug-likeness (QED) is 0.466. The number of piperazine rings is 1. The van der Waals surface area contributed by atoms with Crippen LogP contribution in [0.15, 0.2) is 73.2 Å². The van der Waals surface area contributed by atoms with E-state index in [1.807, 2.05) is 51.9 Å². The fraction of sp³-hybridized carbons (Fsp3) is 0.200. The highest BCUT2D eigenvalue weighted by Crippen LogP contribution is 2.31. The van der Waals surface area contributed by atoms with Crippen molar-refractivity contribution in [1.82, 2.24) is 29.4 Å². The lowest BCUT2D eigenvalue weighted by Crippen LogP contribution is -2.49. The second kappa shape index (κ2) is 8.05. The van der Waals surface area contributed by atoms with Crippen LogP contribution >= 0.6 is 0 Å². The Balaban J connectivity index is 1.18. The van der Waals surface area contributed by atoms with Crippen LogP contribution in [0, 0.1) is 0 Å². The Bertz CT molecular complexity index is 1410. The van der Waals surface area contributed by atoms with Gasteiger partial charge in [0.1, 0.15) is 17.9 Å². The molecule has 1 aliphatic heterocycles. The van der Waals surface area contributed by atoms with E-state index in [0.717, 1.165) is 52.4 Å². The number of imidazole rings is 2. The summed E-state index contributed by atoms with van der Waals surface area (Å²) in [5, 5.41) is 0. The number of fused-ring (bicyclic) bond motifs is 2. The van der Waals surface area contributed by atoms with Crippen LogP contribution in [-0.2, 0) is 11.3 Å². The monoisotopic (exact) mass is 437 g/mol. The van der Waals surface area contributed by atoms with Gasteiger partial charge in [-0.2, -0.15) is 0 Å². The fourth-order valence-corrected chi connectivity index (χ4v) is 4.49. The standard InChI is InChI=1S/C25H23N7O/c33-23(16-32-17-27-21-9-5-11-26-25(21)32)31-14-12-30(13-15-31)22-10-4-1-6-18(22)24-28-19-7-2-3-8-20(19)29-24/h1-11,17H,12-16H2,(H,28,29). The minimum atomic E-state index is 0.0881. The topological polar surface area (TPSA) is 82.9 Å². The van der Waals surface area contributed by atoms with E-state index < -0.39 is 0 Å². The number of nitrogens with one attached hydrogen (secondary N) is 1. The van der Waals surface area contributed by atoms with Crippen LogP contribution < -0.4 is 4.90 Å². The van der Waals surface area contributed by atoms with Crippen LogP contribution in [0.2, 0.25) is 0 Å². The number of hydrogen-bond acceptors (Lipinski definition) is 5. The molecule has 1 aliphatic rings. The number of anilines is 1. The third-order valence-electron chi connectivity index (χ3n) is 6.20. The first kappa shape index (κ1) is 19.5. The minimum absolute atomic E-state index is 0.0881. The molecule has 0 spiro atoms. The molecular formula is C25H23N7O. The van der Waals surface area contributed by atoms with Crippen LogP contribution in [0.25, 0.3) is 33.6 Å². The molecule has 1 saturated heterocycles. The number of pyridine rings is 1. The number of aromatic nitrogens is 5. The highest BCUT2D eigenvalue weighted by atomic mass is 16.2. The lowest BCUT2D eigenvalue weighted by atomic mass is 10.1. The van der Waals surface area contributed by atoms with Crippen LogP contribution in [0.1, 0.15) is 0 Å². The van der Waals surface area contributed by atoms with Crippen molar-refractivity contribution < 1.29 is 4.79 Å². The van der Waals surface area contributed by atoms with E-state index in [-0.39, 0.29) is 12.5 Å². The Labute approximate surface area is 190 Å². The third-order valence-corrected chi connectivity index (χ3v) is 6.20. The number of rotatable bonds is 4. The maximum Gasteiger partial charge on any atom is 0.242 e. The zero-order chi connectivity index (χ0) is 22.2. The second-order valence-corrected chi connectivity index (χ2v) is 8.21. The predicted molar refractivity (Wildman–Crippen MR) is 128 cm³/mol. The van der Waals surface area contributed by atoms with Gasteiger partial charge in [-0.1, -0.05) is 24.3 Å². The molecule has 0 saturated carbocycles. The van der Waals surface area contributed by atoms with Gasteiger partial charge in [0.2, 0.25) is 5.91 Å². The summed E-state index contributed by atoms with van der Waals surface area (Å²) in [5.74, 6) is 0.954.